The molecule has 18 heavy (non-hydrogen) atoms. The average molecular weight is 278 g/mol. The van der Waals surface area contributed by atoms with Gasteiger partial charge in [0.2, 0.25) is 0 Å². The van der Waals surface area contributed by atoms with Gasteiger partial charge < -0.3 is 5.11 Å². The fourth-order valence-electron chi connectivity index (χ4n) is 1.48. The Morgan fingerprint density at radius 1 is 1.50 bits per heavy atom. The molecular weight excluding hydrogens is 268 g/mol. The van der Waals surface area contributed by atoms with Crippen molar-refractivity contribution in [3.8, 4) is 5.88 Å². The Kier molecular flexibility index (Phi) is 3.72. The van der Waals surface area contributed by atoms with Crippen molar-refractivity contribution in [3.05, 3.63) is 32.1 Å². The van der Waals surface area contributed by atoms with Crippen LogP contribution in [0.5, 0.6) is 5.88 Å². The van der Waals surface area contributed by atoms with E-state index in [0.29, 0.717) is 10.6 Å². The number of hydrogen-bond donors (Lipinski definition) is 2. The van der Waals surface area contributed by atoms with Gasteiger partial charge in [-0.3, -0.25) is 24.0 Å². The third kappa shape index (κ3) is 2.84. The minimum atomic E-state index is -4.55. The van der Waals surface area contributed by atoms with Crippen molar-refractivity contribution in [1.82, 2.24) is 4.57 Å². The van der Waals surface area contributed by atoms with E-state index in [1.807, 2.05) is 0 Å². The van der Waals surface area contributed by atoms with Gasteiger partial charge in [-0.2, -0.15) is 8.42 Å². The van der Waals surface area contributed by atoms with Crippen molar-refractivity contribution >= 4 is 15.8 Å². The minimum Gasteiger partial charge on any atom is -0.490 e. The van der Waals surface area contributed by atoms with Crippen molar-refractivity contribution in [2.24, 2.45) is 0 Å². The third-order valence-electron chi connectivity index (χ3n) is 2.17. The van der Waals surface area contributed by atoms with Gasteiger partial charge in [-0.1, -0.05) is 0 Å². The van der Waals surface area contributed by atoms with Crippen molar-refractivity contribution in [2.75, 3.05) is 0 Å². The van der Waals surface area contributed by atoms with Gasteiger partial charge in [-0.25, -0.2) is 0 Å². The molecule has 1 heterocycles. The molecule has 2 N–H and O–H groups in total. The summed E-state index contributed by atoms with van der Waals surface area (Å²) in [4.78, 5) is 21.2. The smallest absolute Gasteiger partial charge is 0.333 e. The first-order valence-corrected chi connectivity index (χ1v) is 6.33. The monoisotopic (exact) mass is 278 g/mol. The van der Waals surface area contributed by atoms with Gasteiger partial charge >= 0.3 is 5.69 Å². The highest BCUT2D eigenvalue weighted by Gasteiger charge is 2.27. The Hall–Kier alpha value is -1.94. The highest BCUT2D eigenvalue weighted by Crippen LogP contribution is 2.29. The van der Waals surface area contributed by atoms with E-state index in [9.17, 15) is 28.4 Å². The van der Waals surface area contributed by atoms with E-state index in [4.69, 9.17) is 4.55 Å². The summed E-state index contributed by atoms with van der Waals surface area (Å²) in [6, 6.07) is 0.703. The van der Waals surface area contributed by atoms with Crippen LogP contribution in [0.15, 0.2) is 10.9 Å². The van der Waals surface area contributed by atoms with Crippen molar-refractivity contribution in [2.45, 2.75) is 19.2 Å². The molecule has 0 aliphatic carbocycles. The predicted molar refractivity (Wildman–Crippen MR) is 59.9 cm³/mol. The van der Waals surface area contributed by atoms with Gasteiger partial charge in [0.1, 0.15) is 5.75 Å². The second-order valence-corrected chi connectivity index (χ2v) is 4.86. The Bertz CT molecular complexity index is 646. The van der Waals surface area contributed by atoms with Crippen LogP contribution >= 0.6 is 0 Å². The first-order valence-electron chi connectivity index (χ1n) is 4.72. The summed E-state index contributed by atoms with van der Waals surface area (Å²) in [5.41, 5.74) is -2.26. The number of pyridine rings is 1. The van der Waals surface area contributed by atoms with Gasteiger partial charge in [0, 0.05) is 12.6 Å². The first kappa shape index (κ1) is 14.1. The second-order valence-electron chi connectivity index (χ2n) is 3.41. The molecule has 0 saturated heterocycles. The summed E-state index contributed by atoms with van der Waals surface area (Å²) in [5.74, 6) is -2.05. The van der Waals surface area contributed by atoms with Crippen LogP contribution in [0.25, 0.3) is 0 Å². The zero-order valence-electron chi connectivity index (χ0n) is 9.23. The van der Waals surface area contributed by atoms with E-state index in [2.05, 4.69) is 0 Å². The highest BCUT2D eigenvalue weighted by atomic mass is 32.2. The Labute approximate surface area is 101 Å². The van der Waals surface area contributed by atoms with Crippen molar-refractivity contribution in [1.29, 1.82) is 0 Å². The number of hydrogen-bond acceptors (Lipinski definition) is 6. The van der Waals surface area contributed by atoms with E-state index < -0.39 is 43.5 Å². The lowest BCUT2D eigenvalue weighted by molar-refractivity contribution is -0.387. The first-order chi connectivity index (χ1) is 8.17. The fourth-order valence-corrected chi connectivity index (χ4v) is 2.10. The standard InChI is InChI=1S/C8H10N2O7S/c1-2-9-6(11)3-5(4-18(15,16)17)7(8(9)12)10(13)14/h3,12H,2,4H2,1H3,(H,15,16,17). The van der Waals surface area contributed by atoms with Crippen LogP contribution in [0.1, 0.15) is 12.5 Å². The molecule has 10 heteroatoms. The summed E-state index contributed by atoms with van der Waals surface area (Å²) in [6.07, 6.45) is 0. The van der Waals surface area contributed by atoms with Crippen LogP contribution in [-0.2, 0) is 22.4 Å². The van der Waals surface area contributed by atoms with E-state index in [0.717, 1.165) is 0 Å². The maximum absolute atomic E-state index is 11.5. The number of rotatable bonds is 4. The minimum absolute atomic E-state index is 0.0162. The molecule has 0 aliphatic rings. The van der Waals surface area contributed by atoms with Gasteiger partial charge in [0.15, 0.2) is 0 Å². The van der Waals surface area contributed by atoms with Crippen LogP contribution in [0.3, 0.4) is 0 Å². The molecule has 0 saturated carbocycles. The Morgan fingerprint density at radius 2 is 2.06 bits per heavy atom. The third-order valence-corrected chi connectivity index (χ3v) is 2.85. The summed E-state index contributed by atoms with van der Waals surface area (Å²) >= 11 is 0. The zero-order valence-corrected chi connectivity index (χ0v) is 10.0. The molecule has 0 amide bonds. The lowest BCUT2D eigenvalue weighted by Crippen LogP contribution is -2.21. The Balaban J connectivity index is 3.62. The predicted octanol–water partition coefficient (Wildman–Crippen LogP) is -0.130. The summed E-state index contributed by atoms with van der Waals surface area (Å²) in [7, 11) is -4.55. The van der Waals surface area contributed by atoms with E-state index in [1.54, 1.807) is 0 Å². The van der Waals surface area contributed by atoms with Gasteiger partial charge in [0.25, 0.3) is 21.6 Å². The molecule has 0 bridgehead atoms. The fraction of sp³-hybridized carbons (Fsp3) is 0.375. The molecule has 0 spiro atoms. The maximum Gasteiger partial charge on any atom is 0.333 e. The van der Waals surface area contributed by atoms with Gasteiger partial charge in [0.05, 0.1) is 10.5 Å². The topological polar surface area (TPSA) is 140 Å². The molecule has 0 aromatic carbocycles. The van der Waals surface area contributed by atoms with Crippen LogP contribution in [0.2, 0.25) is 0 Å². The molecule has 0 radical (unpaired) electrons. The molecule has 1 rings (SSSR count). The average Bonchev–Trinajstić information content (AvgIpc) is 2.13. The maximum atomic E-state index is 11.5. The number of nitrogens with zero attached hydrogens (tertiary/aromatic N) is 2. The van der Waals surface area contributed by atoms with Crippen molar-refractivity contribution < 1.29 is 23.0 Å². The largest absolute Gasteiger partial charge is 0.490 e. The van der Waals surface area contributed by atoms with Crippen LogP contribution in [-0.4, -0.2) is 27.6 Å². The number of aromatic hydroxyl groups is 1. The zero-order chi connectivity index (χ0) is 14.1. The lowest BCUT2D eigenvalue weighted by Gasteiger charge is -2.08. The molecule has 0 aliphatic heterocycles. The highest BCUT2D eigenvalue weighted by molar-refractivity contribution is 7.85. The second kappa shape index (κ2) is 4.74. The van der Waals surface area contributed by atoms with Gasteiger partial charge in [-0.05, 0) is 6.92 Å². The SMILES string of the molecule is CCn1c(O)c([N+](=O)[O-])c(CS(=O)(=O)O)cc1=O. The van der Waals surface area contributed by atoms with Crippen LogP contribution in [0.4, 0.5) is 5.69 Å². The van der Waals surface area contributed by atoms with Crippen LogP contribution in [0, 0.1) is 10.1 Å². The van der Waals surface area contributed by atoms with Gasteiger partial charge in [-0.15, -0.1) is 0 Å². The Morgan fingerprint density at radius 3 is 2.44 bits per heavy atom. The summed E-state index contributed by atoms with van der Waals surface area (Å²) in [5, 5.41) is 20.3. The normalized spacial score (nSPS) is 11.4. The lowest BCUT2D eigenvalue weighted by atomic mass is 10.2. The van der Waals surface area contributed by atoms with Crippen molar-refractivity contribution in [3.63, 3.8) is 0 Å². The molecule has 0 fully saturated rings. The molecule has 100 valence electrons. The molecule has 9 nitrogen and oxygen atoms in total. The quantitative estimate of drug-likeness (QED) is 0.444. The molecule has 1 aromatic rings. The molecular formula is C8H10N2O7S. The number of nitro groups is 1. The number of aromatic nitrogens is 1. The summed E-state index contributed by atoms with van der Waals surface area (Å²) < 4.78 is 30.7. The van der Waals surface area contributed by atoms with E-state index >= 15 is 0 Å². The van der Waals surface area contributed by atoms with Crippen LogP contribution < -0.4 is 5.56 Å². The summed E-state index contributed by atoms with van der Waals surface area (Å²) in [6.45, 7) is 1.46. The van der Waals surface area contributed by atoms with E-state index in [-0.39, 0.29) is 6.54 Å². The van der Waals surface area contributed by atoms with E-state index in [1.165, 1.54) is 6.92 Å². The molecule has 0 atom stereocenters. The molecule has 1 aromatic heterocycles. The molecule has 0 unspecified atom stereocenters.